The van der Waals surface area contributed by atoms with Crippen molar-refractivity contribution in [3.8, 4) is 6.07 Å². The average molecular weight is 371 g/mol. The molecule has 2 aromatic carbocycles. The highest BCUT2D eigenvalue weighted by atomic mass is 79.9. The smallest absolute Gasteiger partial charge is 0.185 e. The first-order valence-corrected chi connectivity index (χ1v) is 6.96. The lowest BCUT2D eigenvalue weighted by Crippen LogP contribution is -2.14. The highest BCUT2D eigenvalue weighted by Gasteiger charge is 2.28. The normalized spacial score (nSPS) is 11.8. The van der Waals surface area contributed by atoms with Crippen LogP contribution in [0.15, 0.2) is 40.9 Å². The van der Waals surface area contributed by atoms with E-state index in [-0.39, 0.29) is 20.6 Å². The molecule has 0 heterocycles. The van der Waals surface area contributed by atoms with Gasteiger partial charge in [-0.3, -0.25) is 4.79 Å². The van der Waals surface area contributed by atoms with E-state index in [1.807, 2.05) is 0 Å². The van der Waals surface area contributed by atoms with Crippen LogP contribution in [0.4, 0.5) is 8.78 Å². The van der Waals surface area contributed by atoms with Gasteiger partial charge in [-0.1, -0.05) is 23.7 Å². The number of benzene rings is 2. The van der Waals surface area contributed by atoms with E-state index in [1.165, 1.54) is 30.3 Å². The Balaban J connectivity index is 2.55. The second-order valence-electron chi connectivity index (χ2n) is 4.16. The number of rotatable bonds is 3. The molecule has 0 amide bonds. The Morgan fingerprint density at radius 3 is 2.43 bits per heavy atom. The molecular weight excluding hydrogens is 364 g/mol. The fourth-order valence-electron chi connectivity index (χ4n) is 1.89. The molecule has 2 aromatic rings. The molecule has 21 heavy (non-hydrogen) atoms. The molecule has 0 N–H and O–H groups in total. The summed E-state index contributed by atoms with van der Waals surface area (Å²) < 4.78 is 27.3. The van der Waals surface area contributed by atoms with E-state index < -0.39 is 23.3 Å². The maximum atomic E-state index is 13.9. The molecule has 0 aliphatic carbocycles. The monoisotopic (exact) mass is 369 g/mol. The number of hydrogen-bond donors (Lipinski definition) is 0. The summed E-state index contributed by atoms with van der Waals surface area (Å²) in [7, 11) is 0. The molecule has 1 unspecified atom stereocenters. The summed E-state index contributed by atoms with van der Waals surface area (Å²) in [5.41, 5.74) is -0.247. The first-order valence-electron chi connectivity index (χ1n) is 5.79. The zero-order chi connectivity index (χ0) is 15.6. The summed E-state index contributed by atoms with van der Waals surface area (Å²) >= 11 is 8.83. The van der Waals surface area contributed by atoms with E-state index in [2.05, 4.69) is 15.9 Å². The first-order chi connectivity index (χ1) is 9.97. The predicted molar refractivity (Wildman–Crippen MR) is 78.2 cm³/mol. The molecule has 0 spiro atoms. The van der Waals surface area contributed by atoms with Gasteiger partial charge in [0.1, 0.15) is 17.6 Å². The quantitative estimate of drug-likeness (QED) is 0.723. The van der Waals surface area contributed by atoms with Gasteiger partial charge in [0.05, 0.1) is 10.5 Å². The van der Waals surface area contributed by atoms with Crippen molar-refractivity contribution in [2.45, 2.75) is 5.92 Å². The molecule has 0 aromatic heterocycles. The third-order valence-corrected chi connectivity index (χ3v) is 4.03. The standard InChI is InChI=1S/C15H7BrClF2NO/c16-14-8(3-1-6-12(14)19)15(21)9(7-20)13-10(17)4-2-5-11(13)18/h1-6,9H. The minimum atomic E-state index is -1.45. The largest absolute Gasteiger partial charge is 0.292 e. The van der Waals surface area contributed by atoms with E-state index >= 15 is 0 Å². The number of carbonyl (C=O) groups excluding carboxylic acids is 1. The van der Waals surface area contributed by atoms with Gasteiger partial charge in [0, 0.05) is 16.1 Å². The van der Waals surface area contributed by atoms with Crippen LogP contribution in [0.5, 0.6) is 0 Å². The Kier molecular flexibility index (Phi) is 4.71. The molecule has 0 aliphatic heterocycles. The first kappa shape index (κ1) is 15.6. The van der Waals surface area contributed by atoms with Crippen LogP contribution >= 0.6 is 27.5 Å². The van der Waals surface area contributed by atoms with Crippen molar-refractivity contribution in [3.63, 3.8) is 0 Å². The van der Waals surface area contributed by atoms with Gasteiger partial charge in [-0.2, -0.15) is 5.26 Å². The van der Waals surface area contributed by atoms with E-state index in [1.54, 1.807) is 6.07 Å². The van der Waals surface area contributed by atoms with Crippen LogP contribution < -0.4 is 0 Å². The highest BCUT2D eigenvalue weighted by Crippen LogP contribution is 2.32. The van der Waals surface area contributed by atoms with E-state index in [0.29, 0.717) is 0 Å². The summed E-state index contributed by atoms with van der Waals surface area (Å²) in [6, 6.07) is 9.46. The number of Topliss-reactive ketones (excluding diaryl/α,β-unsaturated/α-hetero) is 1. The highest BCUT2D eigenvalue weighted by molar-refractivity contribution is 9.10. The Hall–Kier alpha value is -1.77. The van der Waals surface area contributed by atoms with Gasteiger partial charge in [-0.15, -0.1) is 0 Å². The van der Waals surface area contributed by atoms with Crippen LogP contribution in [-0.2, 0) is 0 Å². The summed E-state index contributed by atoms with van der Waals surface area (Å²) in [4.78, 5) is 12.4. The molecule has 0 bridgehead atoms. The third-order valence-electron chi connectivity index (χ3n) is 2.90. The van der Waals surface area contributed by atoms with Gasteiger partial charge < -0.3 is 0 Å². The van der Waals surface area contributed by atoms with Crippen LogP contribution in [0.2, 0.25) is 5.02 Å². The number of carbonyl (C=O) groups is 1. The topological polar surface area (TPSA) is 40.9 Å². The SMILES string of the molecule is N#CC(C(=O)c1cccc(F)c1Br)c1c(F)cccc1Cl. The summed E-state index contributed by atoms with van der Waals surface area (Å²) in [5, 5.41) is 9.19. The summed E-state index contributed by atoms with van der Waals surface area (Å²) in [5.74, 6) is -3.57. The van der Waals surface area contributed by atoms with Crippen LogP contribution in [0.3, 0.4) is 0 Å². The molecule has 1 atom stereocenters. The van der Waals surface area contributed by atoms with Gasteiger partial charge in [0.15, 0.2) is 5.78 Å². The van der Waals surface area contributed by atoms with Crippen molar-refractivity contribution in [2.24, 2.45) is 0 Å². The molecule has 0 radical (unpaired) electrons. The van der Waals surface area contributed by atoms with Crippen molar-refractivity contribution in [1.82, 2.24) is 0 Å². The second-order valence-corrected chi connectivity index (χ2v) is 5.36. The van der Waals surface area contributed by atoms with Crippen molar-refractivity contribution >= 4 is 33.3 Å². The third kappa shape index (κ3) is 2.97. The fraction of sp³-hybridized carbons (Fsp3) is 0.0667. The zero-order valence-corrected chi connectivity index (χ0v) is 12.8. The Bertz CT molecular complexity index is 738. The average Bonchev–Trinajstić information content (AvgIpc) is 2.45. The van der Waals surface area contributed by atoms with Crippen LogP contribution in [-0.4, -0.2) is 5.78 Å². The van der Waals surface area contributed by atoms with Crippen LogP contribution in [0.25, 0.3) is 0 Å². The van der Waals surface area contributed by atoms with Crippen LogP contribution in [0.1, 0.15) is 21.8 Å². The molecule has 2 nitrogen and oxygen atoms in total. The lowest BCUT2D eigenvalue weighted by atomic mass is 9.91. The Morgan fingerprint density at radius 1 is 1.19 bits per heavy atom. The van der Waals surface area contributed by atoms with Crippen molar-refractivity contribution in [2.75, 3.05) is 0 Å². The number of halogens is 4. The number of nitrogens with zero attached hydrogens (tertiary/aromatic N) is 1. The number of nitriles is 1. The van der Waals surface area contributed by atoms with Gasteiger partial charge >= 0.3 is 0 Å². The molecular formula is C15H7BrClF2NO. The van der Waals surface area contributed by atoms with Crippen molar-refractivity contribution < 1.29 is 13.6 Å². The number of ketones is 1. The van der Waals surface area contributed by atoms with E-state index in [0.717, 1.165) is 6.07 Å². The second kappa shape index (κ2) is 6.33. The van der Waals surface area contributed by atoms with Gasteiger partial charge in [-0.05, 0) is 40.2 Å². The zero-order valence-electron chi connectivity index (χ0n) is 10.4. The lowest BCUT2D eigenvalue weighted by molar-refractivity contribution is 0.0976. The van der Waals surface area contributed by atoms with Gasteiger partial charge in [-0.25, -0.2) is 8.78 Å². The predicted octanol–water partition coefficient (Wildman–Crippen LogP) is 4.87. The Morgan fingerprint density at radius 2 is 1.81 bits per heavy atom. The molecule has 0 fully saturated rings. The molecule has 6 heteroatoms. The van der Waals surface area contributed by atoms with Gasteiger partial charge in [0.2, 0.25) is 0 Å². The van der Waals surface area contributed by atoms with Crippen molar-refractivity contribution in [1.29, 1.82) is 5.26 Å². The molecule has 106 valence electrons. The minimum absolute atomic E-state index is 0.0255. The maximum absolute atomic E-state index is 13.9. The van der Waals surface area contributed by atoms with Gasteiger partial charge in [0.25, 0.3) is 0 Å². The molecule has 2 rings (SSSR count). The molecule has 0 saturated carbocycles. The summed E-state index contributed by atoms with van der Waals surface area (Å²) in [6.07, 6.45) is 0. The van der Waals surface area contributed by atoms with E-state index in [4.69, 9.17) is 11.6 Å². The minimum Gasteiger partial charge on any atom is -0.292 e. The van der Waals surface area contributed by atoms with Crippen LogP contribution in [0, 0.1) is 23.0 Å². The molecule has 0 saturated heterocycles. The van der Waals surface area contributed by atoms with Crippen molar-refractivity contribution in [3.05, 3.63) is 68.7 Å². The fourth-order valence-corrected chi connectivity index (χ4v) is 2.62. The summed E-state index contributed by atoms with van der Waals surface area (Å²) in [6.45, 7) is 0. The Labute approximate surface area is 133 Å². The molecule has 0 aliphatic rings. The maximum Gasteiger partial charge on any atom is 0.185 e. The number of hydrogen-bond acceptors (Lipinski definition) is 2. The van der Waals surface area contributed by atoms with E-state index in [9.17, 15) is 18.8 Å². The lowest BCUT2D eigenvalue weighted by Gasteiger charge is -2.12.